The summed E-state index contributed by atoms with van der Waals surface area (Å²) in [5, 5.41) is 3.53. The van der Waals surface area contributed by atoms with Crippen molar-refractivity contribution < 1.29 is 14.3 Å². The average molecular weight is 471 g/mol. The smallest absolute Gasteiger partial charge is 0.232 e. The van der Waals surface area contributed by atoms with Gasteiger partial charge in [-0.2, -0.15) is 0 Å². The zero-order chi connectivity index (χ0) is 25.2. The molecule has 0 aliphatic carbocycles. The third-order valence-corrected chi connectivity index (χ3v) is 6.47. The zero-order valence-corrected chi connectivity index (χ0v) is 21.1. The number of hydrogen-bond acceptors (Lipinski definition) is 4. The van der Waals surface area contributed by atoms with Crippen molar-refractivity contribution in [2.45, 2.75) is 46.7 Å². The van der Waals surface area contributed by atoms with Crippen LogP contribution in [-0.2, 0) is 4.79 Å². The van der Waals surface area contributed by atoms with Crippen molar-refractivity contribution in [3.8, 4) is 5.75 Å². The largest absolute Gasteiger partial charge is 0.493 e. The molecule has 1 aliphatic rings. The highest BCUT2D eigenvalue weighted by atomic mass is 16.5. The van der Waals surface area contributed by atoms with E-state index in [0.29, 0.717) is 17.9 Å². The number of anilines is 2. The molecule has 35 heavy (non-hydrogen) atoms. The van der Waals surface area contributed by atoms with Gasteiger partial charge in [0.05, 0.1) is 24.1 Å². The molecule has 1 N–H and O–H groups in total. The Kier molecular flexibility index (Phi) is 6.97. The number of carbonyl (C=O) groups excluding carboxylic acids is 2. The molecule has 0 aromatic heterocycles. The molecule has 0 saturated carbocycles. The molecule has 3 atom stereocenters. The number of amides is 1. The molecule has 0 bridgehead atoms. The van der Waals surface area contributed by atoms with Gasteiger partial charge in [-0.15, -0.1) is 0 Å². The molecular formula is C30H34N2O3. The number of hydrogen-bond donors (Lipinski definition) is 1. The Morgan fingerprint density at radius 2 is 1.54 bits per heavy atom. The lowest BCUT2D eigenvalue weighted by Gasteiger charge is -2.45. The van der Waals surface area contributed by atoms with E-state index in [0.717, 1.165) is 16.9 Å². The summed E-state index contributed by atoms with van der Waals surface area (Å²) >= 11 is 0. The minimum Gasteiger partial charge on any atom is -0.493 e. The Morgan fingerprint density at radius 3 is 2.23 bits per heavy atom. The van der Waals surface area contributed by atoms with E-state index in [2.05, 4.69) is 5.32 Å². The third-order valence-electron chi connectivity index (χ3n) is 6.47. The van der Waals surface area contributed by atoms with Crippen LogP contribution in [0.5, 0.6) is 5.75 Å². The number of rotatable bonds is 6. The second kappa shape index (κ2) is 9.95. The lowest BCUT2D eigenvalue weighted by molar-refractivity contribution is -0.126. The highest BCUT2D eigenvalue weighted by molar-refractivity contribution is 6.04. The summed E-state index contributed by atoms with van der Waals surface area (Å²) in [6.45, 7) is 10.1. The van der Waals surface area contributed by atoms with Gasteiger partial charge >= 0.3 is 0 Å². The quantitative estimate of drug-likeness (QED) is 0.417. The Hall–Kier alpha value is -3.60. The van der Waals surface area contributed by atoms with Gasteiger partial charge < -0.3 is 15.0 Å². The van der Waals surface area contributed by atoms with Crippen molar-refractivity contribution in [3.63, 3.8) is 0 Å². The molecule has 0 radical (unpaired) electrons. The standard InChI is InChI=1S/C30H34N2O3/c1-6-35-25-19-13-11-17-23(25)28(33)26-20(2)31-24-18-12-10-16-22(24)27(26)32(29(34)30(3,4)5)21-14-8-7-9-15-21/h7-20,26-27,31H,6H2,1-5H3. The SMILES string of the molecule is CCOc1ccccc1C(=O)C1C(C)Nc2ccccc2C1N(C(=O)C(C)(C)C)c1ccccc1. The van der Waals surface area contributed by atoms with Gasteiger partial charge in [0.25, 0.3) is 0 Å². The number of benzene rings is 3. The first-order chi connectivity index (χ1) is 16.7. The van der Waals surface area contributed by atoms with Crippen molar-refractivity contribution >= 4 is 23.1 Å². The predicted octanol–water partition coefficient (Wildman–Crippen LogP) is 6.52. The minimum absolute atomic E-state index is 0.0338. The monoisotopic (exact) mass is 470 g/mol. The molecule has 3 aromatic rings. The van der Waals surface area contributed by atoms with Crippen molar-refractivity contribution in [1.29, 1.82) is 0 Å². The second-order valence-corrected chi connectivity index (χ2v) is 10.0. The molecule has 4 rings (SSSR count). The molecule has 0 fully saturated rings. The molecule has 1 heterocycles. The van der Waals surface area contributed by atoms with Crippen LogP contribution < -0.4 is 15.0 Å². The molecule has 3 unspecified atom stereocenters. The fourth-order valence-corrected chi connectivity index (χ4v) is 4.84. The Balaban J connectivity index is 1.93. The molecular weight excluding hydrogens is 436 g/mol. The van der Waals surface area contributed by atoms with E-state index in [1.807, 2.05) is 118 Å². The summed E-state index contributed by atoms with van der Waals surface area (Å²) in [5.41, 5.74) is 2.54. The fourth-order valence-electron chi connectivity index (χ4n) is 4.84. The molecule has 5 nitrogen and oxygen atoms in total. The number of ether oxygens (including phenoxy) is 1. The highest BCUT2D eigenvalue weighted by Crippen LogP contribution is 2.45. The third kappa shape index (κ3) is 4.81. The predicted molar refractivity (Wildman–Crippen MR) is 141 cm³/mol. The topological polar surface area (TPSA) is 58.6 Å². The van der Waals surface area contributed by atoms with E-state index in [1.54, 1.807) is 0 Å². The number of fused-ring (bicyclic) bond motifs is 1. The van der Waals surface area contributed by atoms with E-state index in [9.17, 15) is 9.59 Å². The van der Waals surface area contributed by atoms with Gasteiger partial charge in [-0.05, 0) is 49.7 Å². The van der Waals surface area contributed by atoms with Crippen LogP contribution >= 0.6 is 0 Å². The Labute approximate surface area is 208 Å². The second-order valence-electron chi connectivity index (χ2n) is 10.0. The maximum Gasteiger partial charge on any atom is 0.232 e. The van der Waals surface area contributed by atoms with Crippen LogP contribution in [0.3, 0.4) is 0 Å². The first kappa shape index (κ1) is 24.5. The van der Waals surface area contributed by atoms with E-state index in [4.69, 9.17) is 4.74 Å². The minimum atomic E-state index is -0.643. The van der Waals surface area contributed by atoms with Crippen LogP contribution in [0.1, 0.15) is 56.6 Å². The molecule has 1 amide bonds. The molecule has 182 valence electrons. The Bertz CT molecular complexity index is 1200. The van der Waals surface area contributed by atoms with E-state index < -0.39 is 17.4 Å². The van der Waals surface area contributed by atoms with Gasteiger partial charge in [0.2, 0.25) is 5.91 Å². The lowest BCUT2D eigenvalue weighted by atomic mass is 9.76. The Morgan fingerprint density at radius 1 is 0.914 bits per heavy atom. The molecule has 5 heteroatoms. The summed E-state index contributed by atoms with van der Waals surface area (Å²) in [4.78, 5) is 30.1. The number of ketones is 1. The van der Waals surface area contributed by atoms with Gasteiger partial charge in [-0.25, -0.2) is 0 Å². The van der Waals surface area contributed by atoms with Crippen LogP contribution in [0.15, 0.2) is 78.9 Å². The van der Waals surface area contributed by atoms with Gasteiger partial charge in [0.15, 0.2) is 5.78 Å². The molecule has 0 spiro atoms. The fraction of sp³-hybridized carbons (Fsp3) is 0.333. The normalized spacial score (nSPS) is 19.3. The van der Waals surface area contributed by atoms with Crippen LogP contribution in [0, 0.1) is 11.3 Å². The lowest BCUT2D eigenvalue weighted by Crippen LogP contribution is -2.52. The first-order valence-electron chi connectivity index (χ1n) is 12.2. The van der Waals surface area contributed by atoms with Crippen LogP contribution in [0.4, 0.5) is 11.4 Å². The zero-order valence-electron chi connectivity index (χ0n) is 21.1. The van der Waals surface area contributed by atoms with E-state index >= 15 is 0 Å². The first-order valence-corrected chi connectivity index (χ1v) is 12.2. The summed E-state index contributed by atoms with van der Waals surface area (Å²) in [6.07, 6.45) is 0. The van der Waals surface area contributed by atoms with Gasteiger partial charge in [0, 0.05) is 22.8 Å². The van der Waals surface area contributed by atoms with Crippen molar-refractivity contribution in [1.82, 2.24) is 0 Å². The van der Waals surface area contributed by atoms with Gasteiger partial charge in [-0.3, -0.25) is 9.59 Å². The highest BCUT2D eigenvalue weighted by Gasteiger charge is 2.46. The molecule has 0 saturated heterocycles. The summed E-state index contributed by atoms with van der Waals surface area (Å²) in [7, 11) is 0. The maximum absolute atomic E-state index is 14.3. The van der Waals surface area contributed by atoms with Gasteiger partial charge in [0.1, 0.15) is 5.75 Å². The van der Waals surface area contributed by atoms with Crippen LogP contribution in [-0.4, -0.2) is 24.3 Å². The van der Waals surface area contributed by atoms with Crippen molar-refractivity contribution in [2.24, 2.45) is 11.3 Å². The van der Waals surface area contributed by atoms with Crippen molar-refractivity contribution in [3.05, 3.63) is 90.0 Å². The number of Topliss-reactive ketones (excluding diaryl/α,β-unsaturated/α-hetero) is 1. The maximum atomic E-state index is 14.3. The van der Waals surface area contributed by atoms with Crippen LogP contribution in [0.25, 0.3) is 0 Å². The summed E-state index contributed by atoms with van der Waals surface area (Å²) in [6, 6.07) is 24.3. The molecule has 1 aliphatic heterocycles. The van der Waals surface area contributed by atoms with Gasteiger partial charge in [-0.1, -0.05) is 69.3 Å². The number of nitrogens with one attached hydrogen (secondary N) is 1. The number of carbonyl (C=O) groups is 2. The number of nitrogens with zero attached hydrogens (tertiary/aromatic N) is 1. The average Bonchev–Trinajstić information content (AvgIpc) is 2.84. The molecule has 3 aromatic carbocycles. The van der Waals surface area contributed by atoms with Crippen LogP contribution in [0.2, 0.25) is 0 Å². The van der Waals surface area contributed by atoms with E-state index in [-0.39, 0.29) is 17.7 Å². The van der Waals surface area contributed by atoms with Crippen molar-refractivity contribution in [2.75, 3.05) is 16.8 Å². The number of para-hydroxylation sites is 3. The summed E-state index contributed by atoms with van der Waals surface area (Å²) in [5.74, 6) is -0.0408. The van der Waals surface area contributed by atoms with E-state index in [1.165, 1.54) is 0 Å². The summed E-state index contributed by atoms with van der Waals surface area (Å²) < 4.78 is 5.81.